The van der Waals surface area contributed by atoms with E-state index in [9.17, 15) is 14.7 Å². The summed E-state index contributed by atoms with van der Waals surface area (Å²) in [4.78, 5) is 25.2. The Morgan fingerprint density at radius 1 is 1.23 bits per heavy atom. The lowest BCUT2D eigenvalue weighted by molar-refractivity contribution is -0.173. The van der Waals surface area contributed by atoms with E-state index in [4.69, 9.17) is 14.0 Å². The molecule has 4 aliphatic rings. The number of hydrogen-bond donors (Lipinski definition) is 2. The zero-order chi connectivity index (χ0) is 28.6. The summed E-state index contributed by atoms with van der Waals surface area (Å²) in [6.07, 6.45) is 7.84. The van der Waals surface area contributed by atoms with Crippen LogP contribution in [-0.4, -0.2) is 45.0 Å². The summed E-state index contributed by atoms with van der Waals surface area (Å²) in [5.41, 5.74) is 3.50. The van der Waals surface area contributed by atoms with Gasteiger partial charge in [0.2, 0.25) is 5.78 Å². The highest BCUT2D eigenvalue weighted by Crippen LogP contribution is 2.69. The van der Waals surface area contributed by atoms with Gasteiger partial charge in [0.15, 0.2) is 12.2 Å². The molecular formula is C32H38N2O5S. The molecule has 8 atom stereocenters. The monoisotopic (exact) mass is 562 g/mol. The first-order valence-electron chi connectivity index (χ1n) is 14.2. The van der Waals surface area contributed by atoms with Crippen molar-refractivity contribution >= 4 is 30.7 Å². The zero-order valence-corrected chi connectivity index (χ0v) is 24.7. The molecule has 212 valence electrons. The minimum Gasteiger partial charge on any atom is -0.458 e. The van der Waals surface area contributed by atoms with Crippen molar-refractivity contribution in [2.75, 3.05) is 6.61 Å². The van der Waals surface area contributed by atoms with Crippen LogP contribution < -0.4 is 0 Å². The van der Waals surface area contributed by atoms with Gasteiger partial charge in [0.05, 0.1) is 23.7 Å². The third kappa shape index (κ3) is 3.61. The van der Waals surface area contributed by atoms with Crippen molar-refractivity contribution in [1.29, 1.82) is 0 Å². The number of hydrogen-bond acceptors (Lipinski definition) is 7. The van der Waals surface area contributed by atoms with Crippen LogP contribution in [0.4, 0.5) is 0 Å². The molecule has 1 N–H and O–H groups in total. The van der Waals surface area contributed by atoms with Gasteiger partial charge in [-0.15, -0.1) is 0 Å². The second-order valence-corrected chi connectivity index (χ2v) is 13.1. The van der Waals surface area contributed by atoms with Crippen molar-refractivity contribution in [3.05, 3.63) is 65.0 Å². The first-order chi connectivity index (χ1) is 19.0. The van der Waals surface area contributed by atoms with Gasteiger partial charge >= 0.3 is 5.97 Å². The van der Waals surface area contributed by atoms with Crippen LogP contribution in [0.1, 0.15) is 58.7 Å². The van der Waals surface area contributed by atoms with Gasteiger partial charge in [-0.05, 0) is 86.2 Å². The predicted molar refractivity (Wildman–Crippen MR) is 155 cm³/mol. The Kier molecular flexibility index (Phi) is 6.48. The molecule has 0 radical (unpaired) electrons. The molecule has 2 saturated carbocycles. The minimum atomic E-state index is -1.27. The summed E-state index contributed by atoms with van der Waals surface area (Å²) >= 11 is 4.26. The largest absolute Gasteiger partial charge is 0.458 e. The van der Waals surface area contributed by atoms with Crippen molar-refractivity contribution in [2.45, 2.75) is 65.6 Å². The topological polar surface area (TPSA) is 90.7 Å². The molecule has 40 heavy (non-hydrogen) atoms. The van der Waals surface area contributed by atoms with Crippen LogP contribution in [0, 0.1) is 34.5 Å². The smallest absolute Gasteiger partial charge is 0.303 e. The molecule has 0 saturated heterocycles. The van der Waals surface area contributed by atoms with Gasteiger partial charge in [-0.1, -0.05) is 50.6 Å². The van der Waals surface area contributed by atoms with E-state index < -0.39 is 23.1 Å². The third-order valence-electron chi connectivity index (χ3n) is 10.8. The number of ether oxygens (including phenoxy) is 1. The Hall–Kier alpha value is -2.68. The number of carbonyl (C=O) groups excluding carboxylic acids is 2. The second-order valence-electron chi connectivity index (χ2n) is 12.9. The normalized spacial score (nSPS) is 37.8. The van der Waals surface area contributed by atoms with Gasteiger partial charge in [-0.3, -0.25) is 9.59 Å². The first kappa shape index (κ1) is 27.5. The van der Waals surface area contributed by atoms with Gasteiger partial charge < -0.3 is 14.0 Å². The Morgan fingerprint density at radius 2 is 1.95 bits per heavy atom. The summed E-state index contributed by atoms with van der Waals surface area (Å²) in [7, 11) is 0. The van der Waals surface area contributed by atoms with Crippen molar-refractivity contribution in [3.63, 3.8) is 0 Å². The third-order valence-corrected chi connectivity index (χ3v) is 11.1. The molecule has 6 rings (SSSR count). The molecule has 1 aromatic heterocycles. The van der Waals surface area contributed by atoms with Crippen LogP contribution in [0.25, 0.3) is 11.8 Å². The van der Waals surface area contributed by atoms with Crippen molar-refractivity contribution in [3.8, 4) is 5.69 Å². The van der Waals surface area contributed by atoms with Gasteiger partial charge in [0, 0.05) is 23.7 Å². The number of benzene rings is 1. The van der Waals surface area contributed by atoms with Crippen LogP contribution >= 0.6 is 12.9 Å². The maximum atomic E-state index is 13.7. The lowest BCUT2D eigenvalue weighted by Crippen LogP contribution is -2.63. The summed E-state index contributed by atoms with van der Waals surface area (Å²) in [6.45, 7) is 9.46. The molecule has 7 nitrogen and oxygen atoms in total. The van der Waals surface area contributed by atoms with Gasteiger partial charge in [-0.2, -0.15) is 5.10 Å². The van der Waals surface area contributed by atoms with E-state index in [0.717, 1.165) is 24.2 Å². The molecule has 1 aromatic carbocycles. The highest BCUT2D eigenvalue weighted by atomic mass is 32.1. The van der Waals surface area contributed by atoms with E-state index in [0.29, 0.717) is 6.42 Å². The SMILES string of the molecule is CC(=O)OCC(=O)C1(OS)C(C)CC2C3C=C(C)C4=Cc5c(cnn5-c5ccccc5)CC4(C)C3C(O)CC21C. The molecule has 0 spiro atoms. The van der Waals surface area contributed by atoms with Crippen LogP contribution in [0.15, 0.2) is 53.8 Å². The Morgan fingerprint density at radius 3 is 2.62 bits per heavy atom. The number of Topliss-reactive ketones (excluding diaryl/α,β-unsaturated/α-hetero) is 1. The van der Waals surface area contributed by atoms with Crippen molar-refractivity contribution in [2.24, 2.45) is 34.5 Å². The molecule has 8 heteroatoms. The Balaban J connectivity index is 1.42. The number of aromatic nitrogens is 2. The molecular weight excluding hydrogens is 524 g/mol. The van der Waals surface area contributed by atoms with Gasteiger partial charge in [0.25, 0.3) is 0 Å². The lowest BCUT2D eigenvalue weighted by Gasteiger charge is -2.59. The lowest BCUT2D eigenvalue weighted by atomic mass is 9.46. The fourth-order valence-electron chi connectivity index (χ4n) is 9.27. The van der Waals surface area contributed by atoms with Crippen LogP contribution in [-0.2, 0) is 24.9 Å². The molecule has 0 aliphatic heterocycles. The maximum absolute atomic E-state index is 13.7. The number of carbonyl (C=O) groups is 2. The van der Waals surface area contributed by atoms with Crippen LogP contribution in [0.2, 0.25) is 0 Å². The van der Waals surface area contributed by atoms with E-state index in [-0.39, 0.29) is 41.5 Å². The molecule has 8 unspecified atom stereocenters. The number of rotatable bonds is 5. The van der Waals surface area contributed by atoms with Gasteiger partial charge in [0.1, 0.15) is 0 Å². The highest BCUT2D eigenvalue weighted by molar-refractivity contribution is 7.75. The summed E-state index contributed by atoms with van der Waals surface area (Å²) < 4.78 is 13.0. The number of para-hydroxylation sites is 1. The summed E-state index contributed by atoms with van der Waals surface area (Å²) in [5, 5.41) is 16.7. The molecule has 2 aromatic rings. The maximum Gasteiger partial charge on any atom is 0.303 e. The first-order valence-corrected chi connectivity index (χ1v) is 14.5. The molecule has 0 bridgehead atoms. The molecule has 1 heterocycles. The fourth-order valence-corrected chi connectivity index (χ4v) is 9.76. The Labute approximate surface area is 241 Å². The van der Waals surface area contributed by atoms with Crippen molar-refractivity contribution in [1.82, 2.24) is 9.78 Å². The van der Waals surface area contributed by atoms with Crippen LogP contribution in [0.3, 0.4) is 0 Å². The number of ketones is 1. The summed E-state index contributed by atoms with van der Waals surface area (Å²) in [5.74, 6) is -0.847. The average molecular weight is 563 g/mol. The van der Waals surface area contributed by atoms with E-state index in [2.05, 4.69) is 58.0 Å². The Bertz CT molecular complexity index is 1430. The summed E-state index contributed by atoms with van der Waals surface area (Å²) in [6, 6.07) is 10.2. The number of fused-ring (bicyclic) bond motifs is 6. The minimum absolute atomic E-state index is 0.0276. The molecule has 0 amide bonds. The average Bonchev–Trinajstić information content (AvgIpc) is 3.41. The number of aliphatic hydroxyl groups excluding tert-OH is 1. The second kappa shape index (κ2) is 9.43. The van der Waals surface area contributed by atoms with E-state index in [1.165, 1.54) is 23.6 Å². The molecule has 2 fully saturated rings. The highest BCUT2D eigenvalue weighted by Gasteiger charge is 2.71. The predicted octanol–water partition coefficient (Wildman–Crippen LogP) is 5.17. The fraction of sp³-hybridized carbons (Fsp3) is 0.531. The number of allylic oxidation sites excluding steroid dienone is 3. The standard InChI is InChI=1S/C32H38N2O5S/c1-18-11-23-25-12-19(2)32(39-40,28(37)17-38-20(3)35)31(25,5)15-27(36)29(23)30(4)14-21-16-33-34(26(21)13-24(18)30)22-9-7-6-8-10-22/h6-11,13,16,19,23,25,27,29,36,40H,12,14-15,17H2,1-5H3. The van der Waals surface area contributed by atoms with Gasteiger partial charge in [-0.25, -0.2) is 4.68 Å². The quantitative estimate of drug-likeness (QED) is 0.297. The van der Waals surface area contributed by atoms with E-state index in [1.54, 1.807) is 0 Å². The number of thiol groups is 1. The number of nitrogens with zero attached hydrogens (tertiary/aromatic N) is 2. The van der Waals surface area contributed by atoms with Crippen molar-refractivity contribution < 1.29 is 23.6 Å². The number of esters is 1. The number of aliphatic hydroxyl groups is 1. The van der Waals surface area contributed by atoms with E-state index in [1.807, 2.05) is 36.0 Å². The van der Waals surface area contributed by atoms with E-state index >= 15 is 0 Å². The van der Waals surface area contributed by atoms with Crippen LogP contribution in [0.5, 0.6) is 0 Å². The molecule has 4 aliphatic carbocycles. The zero-order valence-electron chi connectivity index (χ0n) is 23.8.